The van der Waals surface area contributed by atoms with Crippen molar-refractivity contribution in [3.05, 3.63) is 51.1 Å². The number of benzene rings is 1. The molecule has 1 heterocycles. The first-order valence-electron chi connectivity index (χ1n) is 7.20. The number of methoxy groups -OCH3 is 1. The first kappa shape index (κ1) is 15.4. The van der Waals surface area contributed by atoms with Crippen molar-refractivity contribution in [2.45, 2.75) is 31.6 Å². The van der Waals surface area contributed by atoms with Crippen molar-refractivity contribution >= 4 is 28.4 Å². The third-order valence-electron chi connectivity index (χ3n) is 4.17. The van der Waals surface area contributed by atoms with Crippen LogP contribution in [0.15, 0.2) is 30.6 Å². The lowest BCUT2D eigenvalue weighted by Gasteiger charge is -2.15. The second-order valence-electron chi connectivity index (χ2n) is 5.75. The van der Waals surface area contributed by atoms with E-state index in [4.69, 9.17) is 4.74 Å². The van der Waals surface area contributed by atoms with Crippen LogP contribution in [0.1, 0.15) is 41.0 Å². The van der Waals surface area contributed by atoms with Crippen LogP contribution in [0.2, 0.25) is 0 Å². The molecule has 0 saturated heterocycles. The van der Waals surface area contributed by atoms with Gasteiger partial charge in [-0.05, 0) is 66.1 Å². The number of hydrogen-bond acceptors (Lipinski definition) is 4. The average Bonchev–Trinajstić information content (AvgIpc) is 3.31. The smallest absolute Gasteiger partial charge is 0.167 e. The summed E-state index contributed by atoms with van der Waals surface area (Å²) in [5.74, 6) is 1.52. The summed E-state index contributed by atoms with van der Waals surface area (Å²) in [5, 5.41) is 0. The summed E-state index contributed by atoms with van der Waals surface area (Å²) in [7, 11) is 1.60. The molecule has 0 spiro atoms. The molecule has 22 heavy (non-hydrogen) atoms. The van der Waals surface area contributed by atoms with E-state index in [-0.39, 0.29) is 11.2 Å². The number of hydrogen-bond donors (Lipinski definition) is 0. The fraction of sp³-hybridized carbons (Fsp3) is 0.353. The van der Waals surface area contributed by atoms with Gasteiger partial charge in [-0.1, -0.05) is 0 Å². The molecule has 0 unspecified atom stereocenters. The minimum atomic E-state index is -0.181. The minimum Gasteiger partial charge on any atom is -0.496 e. The van der Waals surface area contributed by atoms with E-state index >= 15 is 0 Å². The maximum Gasteiger partial charge on any atom is 0.167 e. The van der Waals surface area contributed by atoms with E-state index in [0.29, 0.717) is 17.7 Å². The van der Waals surface area contributed by atoms with Crippen LogP contribution >= 0.6 is 22.6 Å². The summed E-state index contributed by atoms with van der Waals surface area (Å²) in [6.45, 7) is 2.01. The fourth-order valence-electron chi connectivity index (χ4n) is 2.65. The van der Waals surface area contributed by atoms with Crippen molar-refractivity contribution in [1.29, 1.82) is 0 Å². The normalized spacial score (nSPS) is 15.4. The molecule has 1 fully saturated rings. The van der Waals surface area contributed by atoms with Gasteiger partial charge in [0.05, 0.1) is 12.7 Å². The van der Waals surface area contributed by atoms with Gasteiger partial charge in [0.25, 0.3) is 0 Å². The zero-order valence-corrected chi connectivity index (χ0v) is 14.8. The topological polar surface area (TPSA) is 52.1 Å². The Balaban J connectivity index is 1.88. The highest BCUT2D eigenvalue weighted by Crippen LogP contribution is 2.50. The molecule has 3 rings (SSSR count). The van der Waals surface area contributed by atoms with Crippen molar-refractivity contribution in [3.63, 3.8) is 0 Å². The monoisotopic (exact) mass is 408 g/mol. The van der Waals surface area contributed by atoms with Crippen LogP contribution in [0.4, 0.5) is 0 Å². The molecule has 1 aliphatic carbocycles. The molecule has 0 atom stereocenters. The number of ketones is 1. The molecule has 1 saturated carbocycles. The largest absolute Gasteiger partial charge is 0.496 e. The van der Waals surface area contributed by atoms with Gasteiger partial charge < -0.3 is 4.74 Å². The Morgan fingerprint density at radius 3 is 2.59 bits per heavy atom. The number of carbonyl (C=O) groups excluding carboxylic acids is 1. The first-order chi connectivity index (χ1) is 10.6. The Labute approximate surface area is 143 Å². The SMILES string of the molecule is COc1cc(C)c(I)cc1C(=O)CC1(c2ncccn2)CC1. The highest BCUT2D eigenvalue weighted by atomic mass is 127. The molecule has 4 nitrogen and oxygen atoms in total. The van der Waals surface area contributed by atoms with Crippen LogP contribution in [0.3, 0.4) is 0 Å². The number of aromatic nitrogens is 2. The summed E-state index contributed by atoms with van der Waals surface area (Å²) >= 11 is 2.25. The Morgan fingerprint density at radius 1 is 1.32 bits per heavy atom. The lowest BCUT2D eigenvalue weighted by Crippen LogP contribution is -2.17. The van der Waals surface area contributed by atoms with Crippen molar-refractivity contribution in [2.75, 3.05) is 7.11 Å². The second kappa shape index (κ2) is 5.95. The summed E-state index contributed by atoms with van der Waals surface area (Å²) in [6.07, 6.45) is 5.85. The molecule has 0 radical (unpaired) electrons. The van der Waals surface area contributed by atoms with E-state index in [2.05, 4.69) is 32.6 Å². The predicted molar refractivity (Wildman–Crippen MR) is 92.3 cm³/mol. The molecule has 114 valence electrons. The lowest BCUT2D eigenvalue weighted by atomic mass is 9.94. The van der Waals surface area contributed by atoms with E-state index in [9.17, 15) is 4.79 Å². The number of carbonyl (C=O) groups is 1. The van der Waals surface area contributed by atoms with Gasteiger partial charge in [-0.15, -0.1) is 0 Å². The zero-order valence-electron chi connectivity index (χ0n) is 12.6. The van der Waals surface area contributed by atoms with Crippen LogP contribution in [0, 0.1) is 10.5 Å². The van der Waals surface area contributed by atoms with E-state index < -0.39 is 0 Å². The van der Waals surface area contributed by atoms with Crippen LogP contribution in [-0.4, -0.2) is 22.9 Å². The molecule has 0 bridgehead atoms. The molecule has 1 aromatic heterocycles. The van der Waals surface area contributed by atoms with Gasteiger partial charge in [-0.2, -0.15) is 0 Å². The summed E-state index contributed by atoms with van der Waals surface area (Å²) in [5.41, 5.74) is 1.58. The number of rotatable bonds is 5. The van der Waals surface area contributed by atoms with Crippen molar-refractivity contribution in [2.24, 2.45) is 0 Å². The van der Waals surface area contributed by atoms with Crippen molar-refractivity contribution in [1.82, 2.24) is 9.97 Å². The molecule has 2 aromatic rings. The Kier molecular flexibility index (Phi) is 4.16. The van der Waals surface area contributed by atoms with Gasteiger partial charge in [0, 0.05) is 27.8 Å². The standard InChI is InChI=1S/C17H17IN2O2/c1-11-8-15(22-2)12(9-13(11)18)14(21)10-17(4-5-17)16-19-6-3-7-20-16/h3,6-9H,4-5,10H2,1-2H3. The maximum absolute atomic E-state index is 12.8. The van der Waals surface area contributed by atoms with Gasteiger partial charge in [-0.3, -0.25) is 4.79 Å². The summed E-state index contributed by atoms with van der Waals surface area (Å²) in [6, 6.07) is 5.64. The van der Waals surface area contributed by atoms with Gasteiger partial charge >= 0.3 is 0 Å². The molecule has 1 aliphatic rings. The molecular weight excluding hydrogens is 391 g/mol. The van der Waals surface area contributed by atoms with E-state index in [1.807, 2.05) is 19.1 Å². The van der Waals surface area contributed by atoms with Crippen LogP contribution < -0.4 is 4.74 Å². The minimum absolute atomic E-state index is 0.0970. The highest BCUT2D eigenvalue weighted by Gasteiger charge is 2.48. The summed E-state index contributed by atoms with van der Waals surface area (Å²) in [4.78, 5) is 21.5. The Bertz CT molecular complexity index is 712. The molecule has 5 heteroatoms. The van der Waals surface area contributed by atoms with Crippen LogP contribution in [0.5, 0.6) is 5.75 Å². The maximum atomic E-state index is 12.8. The van der Waals surface area contributed by atoms with Crippen molar-refractivity contribution < 1.29 is 9.53 Å². The van der Waals surface area contributed by atoms with Gasteiger partial charge in [0.1, 0.15) is 11.6 Å². The third kappa shape index (κ3) is 2.86. The Hall–Kier alpha value is -1.50. The predicted octanol–water partition coefficient (Wildman–Crippen LogP) is 3.70. The zero-order chi connectivity index (χ0) is 15.7. The molecule has 0 aliphatic heterocycles. The highest BCUT2D eigenvalue weighted by molar-refractivity contribution is 14.1. The fourth-order valence-corrected chi connectivity index (χ4v) is 3.11. The van der Waals surface area contributed by atoms with E-state index in [1.54, 1.807) is 25.6 Å². The molecular formula is C17H17IN2O2. The third-order valence-corrected chi connectivity index (χ3v) is 5.34. The van der Waals surface area contributed by atoms with E-state index in [0.717, 1.165) is 27.8 Å². The van der Waals surface area contributed by atoms with E-state index in [1.165, 1.54) is 0 Å². The number of Topliss-reactive ketones (excluding diaryl/α,β-unsaturated/α-hetero) is 1. The molecule has 0 amide bonds. The number of nitrogens with zero attached hydrogens (tertiary/aromatic N) is 2. The number of ether oxygens (including phenoxy) is 1. The molecule has 0 N–H and O–H groups in total. The number of aryl methyl sites for hydroxylation is 1. The number of halogens is 1. The second-order valence-corrected chi connectivity index (χ2v) is 6.92. The van der Waals surface area contributed by atoms with Crippen LogP contribution in [0.25, 0.3) is 0 Å². The van der Waals surface area contributed by atoms with Gasteiger partial charge in [0.2, 0.25) is 0 Å². The van der Waals surface area contributed by atoms with Gasteiger partial charge in [0.15, 0.2) is 5.78 Å². The lowest BCUT2D eigenvalue weighted by molar-refractivity contribution is 0.0965. The van der Waals surface area contributed by atoms with Crippen LogP contribution in [-0.2, 0) is 5.41 Å². The summed E-state index contributed by atoms with van der Waals surface area (Å²) < 4.78 is 6.46. The quantitative estimate of drug-likeness (QED) is 0.559. The van der Waals surface area contributed by atoms with Gasteiger partial charge in [-0.25, -0.2) is 9.97 Å². The first-order valence-corrected chi connectivity index (χ1v) is 8.28. The average molecular weight is 408 g/mol. The Morgan fingerprint density at radius 2 is 2.00 bits per heavy atom. The molecule has 1 aromatic carbocycles. The van der Waals surface area contributed by atoms with Crippen molar-refractivity contribution in [3.8, 4) is 5.75 Å².